The number of rotatable bonds is 10. The largest absolute Gasteiger partial charge is 0.486 e. The Morgan fingerprint density at radius 1 is 1.06 bits per heavy atom. The van der Waals surface area contributed by atoms with E-state index in [-0.39, 0.29) is 10.8 Å². The molecule has 0 saturated heterocycles. The zero-order valence-corrected chi connectivity index (χ0v) is 22.0. The van der Waals surface area contributed by atoms with E-state index in [0.29, 0.717) is 54.3 Å². The van der Waals surface area contributed by atoms with Gasteiger partial charge in [-0.3, -0.25) is 9.69 Å². The molecule has 0 aliphatic carbocycles. The van der Waals surface area contributed by atoms with Crippen LogP contribution in [-0.4, -0.2) is 49.9 Å². The van der Waals surface area contributed by atoms with E-state index in [1.54, 1.807) is 12.1 Å². The molecule has 1 amide bonds. The summed E-state index contributed by atoms with van der Waals surface area (Å²) in [6, 6.07) is 11.9. The van der Waals surface area contributed by atoms with Gasteiger partial charge >= 0.3 is 0 Å². The first-order valence-corrected chi connectivity index (χ1v) is 14.1. The normalized spacial score (nSPS) is 13.0. The highest BCUT2D eigenvalue weighted by molar-refractivity contribution is 7.89. The maximum Gasteiger partial charge on any atom is 0.256 e. The van der Waals surface area contributed by atoms with Crippen molar-refractivity contribution >= 4 is 38.1 Å². The molecule has 3 aromatic rings. The van der Waals surface area contributed by atoms with E-state index >= 15 is 0 Å². The molecule has 190 valence electrons. The fourth-order valence-electron chi connectivity index (χ4n) is 3.89. The fourth-order valence-corrected chi connectivity index (χ4v) is 6.37. The lowest BCUT2D eigenvalue weighted by Crippen LogP contribution is -2.32. The Bertz CT molecular complexity index is 1330. The molecule has 0 atom stereocenters. The molecule has 0 unspecified atom stereocenters. The van der Waals surface area contributed by atoms with Crippen LogP contribution in [0.5, 0.6) is 11.5 Å². The summed E-state index contributed by atoms with van der Waals surface area (Å²) in [7, 11) is -3.62. The van der Waals surface area contributed by atoms with Crippen LogP contribution in [0.4, 0.5) is 10.8 Å². The predicted molar refractivity (Wildman–Crippen MR) is 142 cm³/mol. The highest BCUT2D eigenvalue weighted by Crippen LogP contribution is 2.37. The van der Waals surface area contributed by atoms with Gasteiger partial charge in [0.1, 0.15) is 13.2 Å². The lowest BCUT2D eigenvalue weighted by molar-refractivity contribution is -0.113. The second-order valence-electron chi connectivity index (χ2n) is 8.15. The van der Waals surface area contributed by atoms with Gasteiger partial charge < -0.3 is 9.47 Å². The van der Waals surface area contributed by atoms with E-state index in [9.17, 15) is 13.2 Å². The van der Waals surface area contributed by atoms with Crippen molar-refractivity contribution in [3.8, 4) is 22.8 Å². The molecule has 36 heavy (non-hydrogen) atoms. The Kier molecular flexibility index (Phi) is 8.07. The van der Waals surface area contributed by atoms with Crippen LogP contribution >= 0.6 is 11.3 Å². The summed E-state index contributed by atoms with van der Waals surface area (Å²) in [6.07, 6.45) is 2.67. The van der Waals surface area contributed by atoms with E-state index in [4.69, 9.17) is 9.47 Å². The number of hydrogen-bond acceptors (Lipinski definition) is 7. The van der Waals surface area contributed by atoms with Gasteiger partial charge in [0.2, 0.25) is 10.0 Å². The molecule has 1 aromatic heterocycles. The number of anilines is 2. The van der Waals surface area contributed by atoms with Crippen LogP contribution in [0.25, 0.3) is 11.3 Å². The maximum atomic E-state index is 13.1. The topological polar surface area (TPSA) is 89.0 Å². The van der Waals surface area contributed by atoms with Gasteiger partial charge in [-0.15, -0.1) is 11.3 Å². The Morgan fingerprint density at radius 2 is 1.72 bits per heavy atom. The molecular weight excluding hydrogens is 498 g/mol. The molecule has 0 radical (unpaired) electrons. The van der Waals surface area contributed by atoms with Gasteiger partial charge in [-0.25, -0.2) is 13.4 Å². The van der Waals surface area contributed by atoms with Crippen molar-refractivity contribution in [2.24, 2.45) is 0 Å². The highest BCUT2D eigenvalue weighted by atomic mass is 32.2. The fraction of sp³-hybridized carbons (Fsp3) is 0.308. The summed E-state index contributed by atoms with van der Waals surface area (Å²) < 4.78 is 39.0. The van der Waals surface area contributed by atoms with Crippen molar-refractivity contribution < 1.29 is 22.7 Å². The van der Waals surface area contributed by atoms with Gasteiger partial charge in [-0.05, 0) is 61.4 Å². The van der Waals surface area contributed by atoms with Gasteiger partial charge in [0.25, 0.3) is 5.91 Å². The number of benzene rings is 2. The van der Waals surface area contributed by atoms with E-state index in [1.165, 1.54) is 38.8 Å². The molecule has 0 spiro atoms. The minimum Gasteiger partial charge on any atom is -0.486 e. The number of aromatic nitrogens is 1. The van der Waals surface area contributed by atoms with E-state index in [2.05, 4.69) is 11.6 Å². The molecule has 1 aliphatic rings. The second-order valence-corrected chi connectivity index (χ2v) is 10.9. The first kappa shape index (κ1) is 25.9. The number of carbonyl (C=O) groups is 1. The van der Waals surface area contributed by atoms with Gasteiger partial charge in [-0.1, -0.05) is 20.4 Å². The first-order valence-electron chi connectivity index (χ1n) is 11.8. The smallest absolute Gasteiger partial charge is 0.256 e. The minimum absolute atomic E-state index is 0.190. The van der Waals surface area contributed by atoms with Crippen molar-refractivity contribution in [3.63, 3.8) is 0 Å². The van der Waals surface area contributed by atoms with Gasteiger partial charge in [0.05, 0.1) is 16.3 Å². The molecule has 2 aromatic carbocycles. The summed E-state index contributed by atoms with van der Waals surface area (Å²) in [4.78, 5) is 19.1. The quantitative estimate of drug-likeness (QED) is 0.335. The Morgan fingerprint density at radius 3 is 2.36 bits per heavy atom. The standard InChI is InChI=1S/C26H29N3O5S2/c1-4-13-28(14-5-2)36(31,32)21-10-8-20(9-11-21)29(25(30)6-3)26-27-22(18-35-26)19-7-12-23-24(17-19)34-16-15-33-23/h6-12,17-18H,3-5,13-16H2,1-2H3. The summed E-state index contributed by atoms with van der Waals surface area (Å²) in [5, 5.41) is 2.30. The van der Waals surface area contributed by atoms with Gasteiger partial charge in [-0.2, -0.15) is 4.31 Å². The van der Waals surface area contributed by atoms with Crippen LogP contribution in [-0.2, 0) is 14.8 Å². The molecule has 10 heteroatoms. The summed E-state index contributed by atoms with van der Waals surface area (Å²) in [6.45, 7) is 9.44. The number of fused-ring (bicyclic) bond motifs is 1. The minimum atomic E-state index is -3.62. The van der Waals surface area contributed by atoms with Crippen LogP contribution in [0.3, 0.4) is 0 Å². The number of ether oxygens (including phenoxy) is 2. The van der Waals surface area contributed by atoms with E-state index < -0.39 is 10.0 Å². The molecule has 4 rings (SSSR count). The Labute approximate surface area is 215 Å². The predicted octanol–water partition coefficient (Wildman–Crippen LogP) is 5.24. The molecule has 0 bridgehead atoms. The average Bonchev–Trinajstić information content (AvgIpc) is 3.38. The molecule has 1 aliphatic heterocycles. The van der Waals surface area contributed by atoms with Gasteiger partial charge in [0, 0.05) is 24.0 Å². The summed E-state index contributed by atoms with van der Waals surface area (Å²) in [5.74, 6) is 0.979. The molecule has 0 N–H and O–H groups in total. The zero-order chi connectivity index (χ0) is 25.7. The number of amides is 1. The molecule has 8 nitrogen and oxygen atoms in total. The molecule has 0 fully saturated rings. The Balaban J connectivity index is 1.63. The molecule has 0 saturated carbocycles. The number of sulfonamides is 1. The number of thiazole rings is 1. The van der Waals surface area contributed by atoms with Crippen molar-refractivity contribution in [1.82, 2.24) is 9.29 Å². The third-order valence-corrected chi connectivity index (χ3v) is 8.33. The van der Waals surface area contributed by atoms with Gasteiger partial charge in [0.15, 0.2) is 16.6 Å². The lowest BCUT2D eigenvalue weighted by Gasteiger charge is -2.22. The zero-order valence-electron chi connectivity index (χ0n) is 20.3. The SMILES string of the molecule is C=CC(=O)N(c1ccc(S(=O)(=O)N(CCC)CCC)cc1)c1nc(-c2ccc3c(c2)OCCO3)cs1. The van der Waals surface area contributed by atoms with Crippen LogP contribution < -0.4 is 14.4 Å². The van der Waals surface area contributed by atoms with E-state index in [1.807, 2.05) is 37.4 Å². The maximum absolute atomic E-state index is 13.1. The highest BCUT2D eigenvalue weighted by Gasteiger charge is 2.25. The van der Waals surface area contributed by atoms with Crippen molar-refractivity contribution in [3.05, 3.63) is 60.5 Å². The van der Waals surface area contributed by atoms with Crippen LogP contribution in [0.1, 0.15) is 26.7 Å². The molecular formula is C26H29N3O5S2. The van der Waals surface area contributed by atoms with Crippen LogP contribution in [0, 0.1) is 0 Å². The summed E-state index contributed by atoms with van der Waals surface area (Å²) in [5.41, 5.74) is 2.02. The molecule has 2 heterocycles. The van der Waals surface area contributed by atoms with Crippen molar-refractivity contribution in [2.75, 3.05) is 31.2 Å². The van der Waals surface area contributed by atoms with Crippen molar-refractivity contribution in [2.45, 2.75) is 31.6 Å². The lowest BCUT2D eigenvalue weighted by atomic mass is 10.1. The van der Waals surface area contributed by atoms with Crippen molar-refractivity contribution in [1.29, 1.82) is 0 Å². The van der Waals surface area contributed by atoms with Crippen LogP contribution in [0.15, 0.2) is 65.4 Å². The Hall–Kier alpha value is -3.21. The summed E-state index contributed by atoms with van der Waals surface area (Å²) >= 11 is 1.30. The van der Waals surface area contributed by atoms with Crippen LogP contribution in [0.2, 0.25) is 0 Å². The monoisotopic (exact) mass is 527 g/mol. The number of carbonyl (C=O) groups excluding carboxylic acids is 1. The average molecular weight is 528 g/mol. The third kappa shape index (κ3) is 5.30. The number of hydrogen-bond donors (Lipinski definition) is 0. The second kappa shape index (κ2) is 11.2. The number of nitrogens with zero attached hydrogens (tertiary/aromatic N) is 3. The first-order chi connectivity index (χ1) is 17.4. The van der Waals surface area contributed by atoms with E-state index in [0.717, 1.165) is 18.4 Å². The third-order valence-electron chi connectivity index (χ3n) is 5.60.